The molecule has 0 saturated heterocycles. The molecule has 1 atom stereocenters. The normalized spacial score (nSPS) is 12.4. The van der Waals surface area contributed by atoms with Crippen LogP contribution in [0.1, 0.15) is 19.4 Å². The molecule has 0 aliphatic rings. The van der Waals surface area contributed by atoms with Gasteiger partial charge < -0.3 is 14.8 Å². The van der Waals surface area contributed by atoms with E-state index in [9.17, 15) is 0 Å². The largest absolute Gasteiger partial charge is 0.382 e. The minimum absolute atomic E-state index is 0.112. The summed E-state index contributed by atoms with van der Waals surface area (Å²) in [6.45, 7) is 6.12. The lowest BCUT2D eigenvalue weighted by atomic mass is 10.2. The first-order valence-electron chi connectivity index (χ1n) is 5.55. The Labute approximate surface area is 97.0 Å². The summed E-state index contributed by atoms with van der Waals surface area (Å²) in [5.74, 6) is 0.892. The highest BCUT2D eigenvalue weighted by molar-refractivity contribution is 5.36. The van der Waals surface area contributed by atoms with Gasteiger partial charge in [-0.3, -0.25) is 0 Å². The third kappa shape index (κ3) is 4.59. The Kier molecular flexibility index (Phi) is 5.82. The van der Waals surface area contributed by atoms with Crippen molar-refractivity contribution < 1.29 is 9.47 Å². The van der Waals surface area contributed by atoms with E-state index < -0.39 is 0 Å². The van der Waals surface area contributed by atoms with Crippen LogP contribution in [0.15, 0.2) is 18.3 Å². The summed E-state index contributed by atoms with van der Waals surface area (Å²) in [7, 11) is 1.68. The van der Waals surface area contributed by atoms with Gasteiger partial charge in [-0.1, -0.05) is 0 Å². The van der Waals surface area contributed by atoms with E-state index in [2.05, 4.69) is 10.3 Å². The van der Waals surface area contributed by atoms with Crippen molar-refractivity contribution >= 4 is 5.82 Å². The van der Waals surface area contributed by atoms with Crippen LogP contribution in [0.3, 0.4) is 0 Å². The molecule has 4 heteroatoms. The van der Waals surface area contributed by atoms with Crippen molar-refractivity contribution in [2.24, 2.45) is 0 Å². The summed E-state index contributed by atoms with van der Waals surface area (Å²) in [4.78, 5) is 4.20. The maximum Gasteiger partial charge on any atom is 0.126 e. The quantitative estimate of drug-likeness (QED) is 0.770. The number of ether oxygens (including phenoxy) is 2. The monoisotopic (exact) mass is 224 g/mol. The first-order valence-corrected chi connectivity index (χ1v) is 5.55. The second-order valence-electron chi connectivity index (χ2n) is 3.66. The van der Waals surface area contributed by atoms with Crippen LogP contribution in [-0.4, -0.2) is 31.3 Å². The van der Waals surface area contributed by atoms with Crippen molar-refractivity contribution in [3.63, 3.8) is 0 Å². The van der Waals surface area contributed by atoms with Gasteiger partial charge in [0.05, 0.1) is 19.3 Å². The van der Waals surface area contributed by atoms with Crippen LogP contribution in [0.2, 0.25) is 0 Å². The molecule has 0 aliphatic carbocycles. The number of hydrogen-bond acceptors (Lipinski definition) is 4. The Bertz CT molecular complexity index is 305. The highest BCUT2D eigenvalue weighted by Gasteiger charge is 2.02. The maximum absolute atomic E-state index is 5.62. The number of hydrogen-bond donors (Lipinski definition) is 1. The lowest BCUT2D eigenvalue weighted by Crippen LogP contribution is -2.14. The summed E-state index contributed by atoms with van der Waals surface area (Å²) in [5, 5.41) is 3.17. The van der Waals surface area contributed by atoms with Gasteiger partial charge in [-0.25, -0.2) is 4.98 Å². The molecule has 0 spiro atoms. The van der Waals surface area contributed by atoms with Gasteiger partial charge in [-0.15, -0.1) is 0 Å². The summed E-state index contributed by atoms with van der Waals surface area (Å²) in [5.41, 5.74) is 1.12. The number of nitrogens with one attached hydrogen (secondary N) is 1. The van der Waals surface area contributed by atoms with E-state index in [-0.39, 0.29) is 6.10 Å². The minimum atomic E-state index is 0.112. The molecule has 1 aromatic heterocycles. The van der Waals surface area contributed by atoms with E-state index in [1.807, 2.05) is 26.0 Å². The molecule has 0 radical (unpaired) electrons. The Morgan fingerprint density at radius 3 is 3.00 bits per heavy atom. The van der Waals surface area contributed by atoms with Crippen LogP contribution < -0.4 is 5.32 Å². The fraction of sp³-hybridized carbons (Fsp3) is 0.583. The maximum atomic E-state index is 5.62. The van der Waals surface area contributed by atoms with Crippen molar-refractivity contribution in [3.05, 3.63) is 23.9 Å². The highest BCUT2D eigenvalue weighted by Crippen LogP contribution is 2.08. The Balaban J connectivity index is 2.44. The SMILES string of the molecule is CCNc1cc(COC(C)COC)ccn1. The van der Waals surface area contributed by atoms with Gasteiger partial charge in [0.1, 0.15) is 5.82 Å². The van der Waals surface area contributed by atoms with E-state index >= 15 is 0 Å². The molecular weight excluding hydrogens is 204 g/mol. The number of rotatable bonds is 7. The predicted octanol–water partition coefficient (Wildman–Crippen LogP) is 2.06. The minimum Gasteiger partial charge on any atom is -0.382 e. The summed E-state index contributed by atoms with van der Waals surface area (Å²) < 4.78 is 10.6. The first kappa shape index (κ1) is 12.9. The van der Waals surface area contributed by atoms with Crippen LogP contribution in [0.5, 0.6) is 0 Å². The highest BCUT2D eigenvalue weighted by atomic mass is 16.5. The smallest absolute Gasteiger partial charge is 0.126 e. The van der Waals surface area contributed by atoms with Crippen LogP contribution >= 0.6 is 0 Å². The van der Waals surface area contributed by atoms with Crippen molar-refractivity contribution in [2.45, 2.75) is 26.6 Å². The molecule has 90 valence electrons. The van der Waals surface area contributed by atoms with Gasteiger partial charge in [0, 0.05) is 19.9 Å². The van der Waals surface area contributed by atoms with Gasteiger partial charge in [0.2, 0.25) is 0 Å². The molecule has 4 nitrogen and oxygen atoms in total. The van der Waals surface area contributed by atoms with E-state index in [4.69, 9.17) is 9.47 Å². The van der Waals surface area contributed by atoms with Crippen LogP contribution in [-0.2, 0) is 16.1 Å². The van der Waals surface area contributed by atoms with Gasteiger partial charge >= 0.3 is 0 Å². The topological polar surface area (TPSA) is 43.4 Å². The number of methoxy groups -OCH3 is 1. The number of nitrogens with zero attached hydrogens (tertiary/aromatic N) is 1. The Hall–Kier alpha value is -1.13. The summed E-state index contributed by atoms with van der Waals surface area (Å²) in [6.07, 6.45) is 1.90. The number of aromatic nitrogens is 1. The zero-order valence-corrected chi connectivity index (χ0v) is 10.2. The zero-order chi connectivity index (χ0) is 11.8. The van der Waals surface area contributed by atoms with Crippen molar-refractivity contribution in [1.82, 2.24) is 4.98 Å². The molecule has 1 rings (SSSR count). The molecule has 16 heavy (non-hydrogen) atoms. The standard InChI is InChI=1S/C12H20N2O2/c1-4-13-12-7-11(5-6-14-12)9-16-10(2)8-15-3/h5-7,10H,4,8-9H2,1-3H3,(H,13,14). The molecule has 1 unspecified atom stereocenters. The lowest BCUT2D eigenvalue weighted by Gasteiger charge is -2.12. The van der Waals surface area contributed by atoms with Crippen molar-refractivity contribution in [1.29, 1.82) is 0 Å². The molecule has 0 aromatic carbocycles. The molecule has 1 N–H and O–H groups in total. The second kappa shape index (κ2) is 7.19. The molecule has 0 saturated carbocycles. The number of anilines is 1. The van der Waals surface area contributed by atoms with Crippen LogP contribution in [0.4, 0.5) is 5.82 Å². The van der Waals surface area contributed by atoms with E-state index in [1.165, 1.54) is 0 Å². The van der Waals surface area contributed by atoms with Gasteiger partial charge in [-0.2, -0.15) is 0 Å². The number of pyridine rings is 1. The van der Waals surface area contributed by atoms with Gasteiger partial charge in [0.15, 0.2) is 0 Å². The average molecular weight is 224 g/mol. The van der Waals surface area contributed by atoms with E-state index in [1.54, 1.807) is 13.3 Å². The fourth-order valence-corrected chi connectivity index (χ4v) is 1.36. The third-order valence-electron chi connectivity index (χ3n) is 2.12. The zero-order valence-electron chi connectivity index (χ0n) is 10.2. The molecule has 0 aliphatic heterocycles. The van der Waals surface area contributed by atoms with Gasteiger partial charge in [-0.05, 0) is 31.5 Å². The fourth-order valence-electron chi connectivity index (χ4n) is 1.36. The third-order valence-corrected chi connectivity index (χ3v) is 2.12. The first-order chi connectivity index (χ1) is 7.76. The van der Waals surface area contributed by atoms with E-state index in [0.29, 0.717) is 13.2 Å². The Morgan fingerprint density at radius 1 is 1.50 bits per heavy atom. The second-order valence-corrected chi connectivity index (χ2v) is 3.66. The summed E-state index contributed by atoms with van der Waals surface area (Å²) in [6, 6.07) is 3.96. The van der Waals surface area contributed by atoms with Crippen LogP contribution in [0.25, 0.3) is 0 Å². The molecule has 1 aromatic rings. The predicted molar refractivity (Wildman–Crippen MR) is 64.5 cm³/mol. The van der Waals surface area contributed by atoms with Crippen molar-refractivity contribution in [3.8, 4) is 0 Å². The Morgan fingerprint density at radius 2 is 2.31 bits per heavy atom. The molecule has 0 amide bonds. The lowest BCUT2D eigenvalue weighted by molar-refractivity contribution is -0.000131. The average Bonchev–Trinajstić information content (AvgIpc) is 2.28. The summed E-state index contributed by atoms with van der Waals surface area (Å²) >= 11 is 0. The van der Waals surface area contributed by atoms with E-state index in [0.717, 1.165) is 17.9 Å². The molecule has 0 bridgehead atoms. The molecule has 1 heterocycles. The van der Waals surface area contributed by atoms with Crippen LogP contribution in [0, 0.1) is 0 Å². The molecule has 0 fully saturated rings. The van der Waals surface area contributed by atoms with Gasteiger partial charge in [0.25, 0.3) is 0 Å². The van der Waals surface area contributed by atoms with Crippen molar-refractivity contribution in [2.75, 3.05) is 25.6 Å². The molecular formula is C12H20N2O2.